The van der Waals surface area contributed by atoms with E-state index >= 15 is 0 Å². The summed E-state index contributed by atoms with van der Waals surface area (Å²) in [6.45, 7) is 6.07. The number of hydrogen-bond acceptors (Lipinski definition) is 4. The van der Waals surface area contributed by atoms with E-state index in [1.807, 2.05) is 29.8 Å². The normalized spacial score (nSPS) is 11.1. The van der Waals surface area contributed by atoms with Gasteiger partial charge in [0.25, 0.3) is 0 Å². The van der Waals surface area contributed by atoms with Crippen molar-refractivity contribution in [3.8, 4) is 0 Å². The van der Waals surface area contributed by atoms with Gasteiger partial charge < -0.3 is 5.32 Å². The average molecular weight is 275 g/mol. The van der Waals surface area contributed by atoms with Crippen molar-refractivity contribution in [3.05, 3.63) is 52.0 Å². The molecule has 0 saturated heterocycles. The largest absolute Gasteiger partial charge is 0.312 e. The first kappa shape index (κ1) is 14.2. The molecule has 102 valence electrons. The fourth-order valence-electron chi connectivity index (χ4n) is 1.98. The number of aromatic nitrogens is 1. The van der Waals surface area contributed by atoms with Gasteiger partial charge in [-0.2, -0.15) is 0 Å². The predicted molar refractivity (Wildman–Crippen MR) is 81.1 cm³/mol. The van der Waals surface area contributed by atoms with Crippen LogP contribution in [0.3, 0.4) is 0 Å². The topological polar surface area (TPSA) is 28.2 Å². The van der Waals surface area contributed by atoms with Gasteiger partial charge in [0.2, 0.25) is 0 Å². The summed E-state index contributed by atoms with van der Waals surface area (Å²) in [4.78, 5) is 9.29. The lowest BCUT2D eigenvalue weighted by Crippen LogP contribution is -2.16. The van der Waals surface area contributed by atoms with Crippen LogP contribution in [0.4, 0.5) is 0 Å². The third-order valence-electron chi connectivity index (χ3n) is 2.87. The maximum Gasteiger partial charge on any atom is 0.0328 e. The summed E-state index contributed by atoms with van der Waals surface area (Å²) in [5.74, 6) is 0. The molecule has 0 spiro atoms. The molecular weight excluding hydrogens is 254 g/mol. The van der Waals surface area contributed by atoms with Crippen molar-refractivity contribution in [2.45, 2.75) is 26.6 Å². The molecule has 2 aromatic heterocycles. The maximum atomic E-state index is 4.15. The third-order valence-corrected chi connectivity index (χ3v) is 3.94. The second kappa shape index (κ2) is 7.38. The minimum Gasteiger partial charge on any atom is -0.312 e. The lowest BCUT2D eigenvalue weighted by molar-refractivity contribution is 0.321. The van der Waals surface area contributed by atoms with E-state index in [0.717, 1.165) is 26.2 Å². The quantitative estimate of drug-likeness (QED) is 0.842. The monoisotopic (exact) mass is 275 g/mol. The van der Waals surface area contributed by atoms with E-state index in [-0.39, 0.29) is 0 Å². The summed E-state index contributed by atoms with van der Waals surface area (Å²) >= 11 is 1.89. The van der Waals surface area contributed by atoms with Crippen molar-refractivity contribution in [2.24, 2.45) is 0 Å². The van der Waals surface area contributed by atoms with Crippen LogP contribution < -0.4 is 5.32 Å². The molecule has 0 amide bonds. The molecular formula is C15H21N3S. The molecule has 4 heteroatoms. The number of pyridine rings is 1. The van der Waals surface area contributed by atoms with Crippen LogP contribution in [0.25, 0.3) is 0 Å². The number of thiophene rings is 1. The van der Waals surface area contributed by atoms with E-state index in [1.165, 1.54) is 15.3 Å². The molecule has 0 saturated carbocycles. The zero-order valence-electron chi connectivity index (χ0n) is 11.6. The fraction of sp³-hybridized carbons (Fsp3) is 0.400. The number of nitrogens with zero attached hydrogens (tertiary/aromatic N) is 2. The Labute approximate surface area is 119 Å². The number of nitrogens with one attached hydrogen (secondary N) is 1. The molecule has 0 radical (unpaired) electrons. The molecule has 2 aromatic rings. The Morgan fingerprint density at radius 2 is 2.05 bits per heavy atom. The standard InChI is InChI=1S/C15H21N3S/c1-3-16-10-14-6-7-15(19-14)12-18(2)11-13-5-4-8-17-9-13/h4-9,16H,3,10-12H2,1-2H3. The Hall–Kier alpha value is -1.23. The van der Waals surface area contributed by atoms with Crippen molar-refractivity contribution in [3.63, 3.8) is 0 Å². The summed E-state index contributed by atoms with van der Waals surface area (Å²) < 4.78 is 0. The smallest absolute Gasteiger partial charge is 0.0328 e. The molecule has 1 N–H and O–H groups in total. The maximum absolute atomic E-state index is 4.15. The first-order valence-corrected chi connectivity index (χ1v) is 7.45. The minimum atomic E-state index is 0.939. The van der Waals surface area contributed by atoms with E-state index < -0.39 is 0 Å². The van der Waals surface area contributed by atoms with Gasteiger partial charge >= 0.3 is 0 Å². The van der Waals surface area contributed by atoms with Crippen LogP contribution in [0.2, 0.25) is 0 Å². The molecule has 19 heavy (non-hydrogen) atoms. The van der Waals surface area contributed by atoms with Crippen molar-refractivity contribution in [1.82, 2.24) is 15.2 Å². The van der Waals surface area contributed by atoms with Crippen LogP contribution >= 0.6 is 11.3 Å². The highest BCUT2D eigenvalue weighted by atomic mass is 32.1. The first-order valence-electron chi connectivity index (χ1n) is 6.63. The van der Waals surface area contributed by atoms with Crippen molar-refractivity contribution >= 4 is 11.3 Å². The van der Waals surface area contributed by atoms with Gasteiger partial charge in [0.1, 0.15) is 0 Å². The summed E-state index contributed by atoms with van der Waals surface area (Å²) in [7, 11) is 2.15. The molecule has 2 rings (SSSR count). The lowest BCUT2D eigenvalue weighted by atomic mass is 10.2. The van der Waals surface area contributed by atoms with E-state index in [2.05, 4.69) is 47.4 Å². The van der Waals surface area contributed by atoms with E-state index in [0.29, 0.717) is 0 Å². The van der Waals surface area contributed by atoms with Crippen molar-refractivity contribution < 1.29 is 0 Å². The first-order chi connectivity index (χ1) is 9.28. The van der Waals surface area contributed by atoms with Crippen LogP contribution in [-0.2, 0) is 19.6 Å². The highest BCUT2D eigenvalue weighted by Crippen LogP contribution is 2.18. The molecule has 0 aromatic carbocycles. The lowest BCUT2D eigenvalue weighted by Gasteiger charge is -2.15. The van der Waals surface area contributed by atoms with Gasteiger partial charge in [0.05, 0.1) is 0 Å². The summed E-state index contributed by atoms with van der Waals surface area (Å²) in [5, 5.41) is 3.36. The molecule has 0 fully saturated rings. The van der Waals surface area contributed by atoms with Crippen molar-refractivity contribution in [2.75, 3.05) is 13.6 Å². The van der Waals surface area contributed by atoms with Gasteiger partial charge in [-0.3, -0.25) is 9.88 Å². The van der Waals surface area contributed by atoms with Crippen LogP contribution in [-0.4, -0.2) is 23.5 Å². The number of hydrogen-bond donors (Lipinski definition) is 1. The average Bonchev–Trinajstić information content (AvgIpc) is 2.85. The minimum absolute atomic E-state index is 0.939. The predicted octanol–water partition coefficient (Wildman–Crippen LogP) is 2.88. The summed E-state index contributed by atoms with van der Waals surface area (Å²) in [5.41, 5.74) is 1.26. The second-order valence-corrected chi connectivity index (χ2v) is 5.93. The van der Waals surface area contributed by atoms with Gasteiger partial charge in [-0.15, -0.1) is 11.3 Å². The number of rotatable bonds is 7. The van der Waals surface area contributed by atoms with Gasteiger partial charge in [0.15, 0.2) is 0 Å². The highest BCUT2D eigenvalue weighted by Gasteiger charge is 2.05. The summed E-state index contributed by atoms with van der Waals surface area (Å²) in [6.07, 6.45) is 3.75. The molecule has 2 heterocycles. The molecule has 0 aliphatic carbocycles. The molecule has 0 unspecified atom stereocenters. The Bertz CT molecular complexity index is 481. The van der Waals surface area contributed by atoms with Gasteiger partial charge in [-0.25, -0.2) is 0 Å². The van der Waals surface area contributed by atoms with Crippen LogP contribution in [0, 0.1) is 0 Å². The zero-order chi connectivity index (χ0) is 13.5. The Morgan fingerprint density at radius 1 is 1.21 bits per heavy atom. The van der Waals surface area contributed by atoms with E-state index in [1.54, 1.807) is 0 Å². The fourth-order valence-corrected chi connectivity index (χ4v) is 3.04. The molecule has 0 aliphatic heterocycles. The van der Waals surface area contributed by atoms with Gasteiger partial charge in [0, 0.05) is 41.8 Å². The second-order valence-electron chi connectivity index (χ2n) is 4.68. The van der Waals surface area contributed by atoms with E-state index in [4.69, 9.17) is 0 Å². The van der Waals surface area contributed by atoms with E-state index in [9.17, 15) is 0 Å². The Kier molecular flexibility index (Phi) is 5.51. The Morgan fingerprint density at radius 3 is 2.79 bits per heavy atom. The molecule has 0 aliphatic rings. The SMILES string of the molecule is CCNCc1ccc(CN(C)Cc2cccnc2)s1. The van der Waals surface area contributed by atoms with Gasteiger partial charge in [-0.05, 0) is 37.4 Å². The molecule has 3 nitrogen and oxygen atoms in total. The Balaban J connectivity index is 1.85. The summed E-state index contributed by atoms with van der Waals surface area (Å²) in [6, 6.07) is 8.56. The van der Waals surface area contributed by atoms with Crippen LogP contribution in [0.5, 0.6) is 0 Å². The highest BCUT2D eigenvalue weighted by molar-refractivity contribution is 7.11. The van der Waals surface area contributed by atoms with Crippen molar-refractivity contribution in [1.29, 1.82) is 0 Å². The third kappa shape index (κ3) is 4.74. The van der Waals surface area contributed by atoms with Crippen LogP contribution in [0.1, 0.15) is 22.2 Å². The molecule has 0 atom stereocenters. The van der Waals surface area contributed by atoms with Crippen LogP contribution in [0.15, 0.2) is 36.7 Å². The van der Waals surface area contributed by atoms with Gasteiger partial charge in [-0.1, -0.05) is 13.0 Å². The zero-order valence-corrected chi connectivity index (χ0v) is 12.4. The molecule has 0 bridgehead atoms.